The molecule has 5 heteroatoms. The number of hydrogen-bond acceptors (Lipinski definition) is 2. The van der Waals surface area contributed by atoms with Crippen LogP contribution in [-0.2, 0) is 12.7 Å². The molecule has 0 spiro atoms. The minimum Gasteiger partial charge on any atom is -0.395 e. The van der Waals surface area contributed by atoms with Gasteiger partial charge in [0.05, 0.1) is 12.2 Å². The summed E-state index contributed by atoms with van der Waals surface area (Å²) in [6.07, 6.45) is -4.30. The summed E-state index contributed by atoms with van der Waals surface area (Å²) in [5.74, 6) is 0. The van der Waals surface area contributed by atoms with Crippen molar-refractivity contribution in [2.75, 3.05) is 20.2 Å². The van der Waals surface area contributed by atoms with Gasteiger partial charge >= 0.3 is 6.18 Å². The van der Waals surface area contributed by atoms with E-state index in [9.17, 15) is 13.2 Å². The standard InChI is InChI=1S/C11H14F3NO/c1-15(5-6-16)8-9-3-2-4-10(7-9)11(12,13)14/h2-4,7,16H,5-6,8H2,1H3. The Labute approximate surface area is 92.3 Å². The largest absolute Gasteiger partial charge is 0.416 e. The van der Waals surface area contributed by atoms with Crippen molar-refractivity contribution < 1.29 is 18.3 Å². The summed E-state index contributed by atoms with van der Waals surface area (Å²) < 4.78 is 37.2. The van der Waals surface area contributed by atoms with Crippen LogP contribution in [0.1, 0.15) is 11.1 Å². The summed E-state index contributed by atoms with van der Waals surface area (Å²) in [6, 6.07) is 5.22. The first-order valence-corrected chi connectivity index (χ1v) is 4.89. The van der Waals surface area contributed by atoms with Gasteiger partial charge in [-0.1, -0.05) is 18.2 Å². The molecule has 0 saturated carbocycles. The van der Waals surface area contributed by atoms with Crippen molar-refractivity contribution in [1.82, 2.24) is 4.90 Å². The molecule has 0 heterocycles. The fraction of sp³-hybridized carbons (Fsp3) is 0.455. The molecule has 16 heavy (non-hydrogen) atoms. The van der Waals surface area contributed by atoms with Crippen LogP contribution in [-0.4, -0.2) is 30.2 Å². The van der Waals surface area contributed by atoms with Crippen molar-refractivity contribution in [2.45, 2.75) is 12.7 Å². The Hall–Kier alpha value is -1.07. The van der Waals surface area contributed by atoms with Crippen LogP contribution in [0.15, 0.2) is 24.3 Å². The van der Waals surface area contributed by atoms with Gasteiger partial charge in [-0.05, 0) is 18.7 Å². The Morgan fingerprint density at radius 3 is 2.56 bits per heavy atom. The van der Waals surface area contributed by atoms with Crippen molar-refractivity contribution in [1.29, 1.82) is 0 Å². The summed E-state index contributed by atoms with van der Waals surface area (Å²) in [4.78, 5) is 1.76. The Balaban J connectivity index is 2.75. The molecule has 1 rings (SSSR count). The lowest BCUT2D eigenvalue weighted by atomic mass is 10.1. The number of halogens is 3. The molecule has 0 aliphatic carbocycles. The monoisotopic (exact) mass is 233 g/mol. The van der Waals surface area contributed by atoms with Crippen LogP contribution in [0.5, 0.6) is 0 Å². The Kier molecular flexibility index (Phi) is 4.32. The smallest absolute Gasteiger partial charge is 0.395 e. The molecule has 0 amide bonds. The summed E-state index contributed by atoms with van der Waals surface area (Å²) in [7, 11) is 1.75. The van der Waals surface area contributed by atoms with Gasteiger partial charge in [0.15, 0.2) is 0 Å². The summed E-state index contributed by atoms with van der Waals surface area (Å²) in [5.41, 5.74) is -0.0480. The number of alkyl halides is 3. The first-order chi connectivity index (χ1) is 7.43. The lowest BCUT2D eigenvalue weighted by Gasteiger charge is -2.16. The maximum absolute atomic E-state index is 12.4. The molecule has 0 aliphatic rings. The quantitative estimate of drug-likeness (QED) is 0.861. The number of aliphatic hydroxyl groups excluding tert-OH is 1. The van der Waals surface area contributed by atoms with Gasteiger partial charge in [0.25, 0.3) is 0 Å². The first kappa shape index (κ1) is 13.0. The maximum atomic E-state index is 12.4. The molecule has 0 bridgehead atoms. The van der Waals surface area contributed by atoms with Crippen molar-refractivity contribution >= 4 is 0 Å². The number of rotatable bonds is 4. The van der Waals surface area contributed by atoms with E-state index in [1.165, 1.54) is 6.07 Å². The average molecular weight is 233 g/mol. The fourth-order valence-electron chi connectivity index (χ4n) is 1.41. The third-order valence-electron chi connectivity index (χ3n) is 2.19. The SMILES string of the molecule is CN(CCO)Cc1cccc(C(F)(F)F)c1. The lowest BCUT2D eigenvalue weighted by Crippen LogP contribution is -2.21. The van der Waals surface area contributed by atoms with Crippen LogP contribution in [0, 0.1) is 0 Å². The van der Waals surface area contributed by atoms with Crippen molar-refractivity contribution in [3.05, 3.63) is 35.4 Å². The van der Waals surface area contributed by atoms with Crippen LogP contribution >= 0.6 is 0 Å². The molecule has 1 aromatic rings. The normalized spacial score (nSPS) is 12.1. The zero-order valence-electron chi connectivity index (χ0n) is 8.96. The highest BCUT2D eigenvalue weighted by Gasteiger charge is 2.30. The minimum atomic E-state index is -4.30. The van der Waals surface area contributed by atoms with E-state index in [1.807, 2.05) is 0 Å². The fourth-order valence-corrected chi connectivity index (χ4v) is 1.41. The zero-order chi connectivity index (χ0) is 12.2. The van der Waals surface area contributed by atoms with Gasteiger partial charge in [-0.15, -0.1) is 0 Å². The highest BCUT2D eigenvalue weighted by molar-refractivity contribution is 5.25. The van der Waals surface area contributed by atoms with E-state index in [0.717, 1.165) is 12.1 Å². The third kappa shape index (κ3) is 3.83. The second-order valence-electron chi connectivity index (χ2n) is 3.66. The van der Waals surface area contributed by atoms with E-state index in [4.69, 9.17) is 5.11 Å². The first-order valence-electron chi connectivity index (χ1n) is 4.89. The summed E-state index contributed by atoms with van der Waals surface area (Å²) in [6.45, 7) is 0.830. The number of benzene rings is 1. The van der Waals surface area contributed by atoms with E-state index in [1.54, 1.807) is 18.0 Å². The van der Waals surface area contributed by atoms with E-state index in [2.05, 4.69) is 0 Å². The molecule has 0 saturated heterocycles. The Morgan fingerprint density at radius 1 is 1.31 bits per heavy atom. The average Bonchev–Trinajstić information content (AvgIpc) is 2.17. The number of nitrogens with zero attached hydrogens (tertiary/aromatic N) is 1. The summed E-state index contributed by atoms with van der Waals surface area (Å²) >= 11 is 0. The van der Waals surface area contributed by atoms with E-state index >= 15 is 0 Å². The number of hydrogen-bond donors (Lipinski definition) is 1. The molecular weight excluding hydrogens is 219 g/mol. The van der Waals surface area contributed by atoms with E-state index in [-0.39, 0.29) is 6.61 Å². The van der Waals surface area contributed by atoms with Gasteiger partial charge in [0.2, 0.25) is 0 Å². The van der Waals surface area contributed by atoms with Crippen molar-refractivity contribution in [2.24, 2.45) is 0 Å². The molecular formula is C11H14F3NO. The second-order valence-corrected chi connectivity index (χ2v) is 3.66. The van der Waals surface area contributed by atoms with Crippen LogP contribution < -0.4 is 0 Å². The van der Waals surface area contributed by atoms with Crippen LogP contribution in [0.2, 0.25) is 0 Å². The highest BCUT2D eigenvalue weighted by Crippen LogP contribution is 2.29. The predicted molar refractivity (Wildman–Crippen MR) is 54.9 cm³/mol. The topological polar surface area (TPSA) is 23.5 Å². The van der Waals surface area contributed by atoms with Crippen molar-refractivity contribution in [3.63, 3.8) is 0 Å². The molecule has 1 aromatic carbocycles. The van der Waals surface area contributed by atoms with Gasteiger partial charge in [0.1, 0.15) is 0 Å². The van der Waals surface area contributed by atoms with Gasteiger partial charge in [0, 0.05) is 13.1 Å². The molecule has 1 N–H and O–H groups in total. The molecule has 2 nitrogen and oxygen atoms in total. The van der Waals surface area contributed by atoms with Gasteiger partial charge in [-0.3, -0.25) is 4.90 Å². The minimum absolute atomic E-state index is 0.00450. The maximum Gasteiger partial charge on any atom is 0.416 e. The van der Waals surface area contributed by atoms with Crippen LogP contribution in [0.25, 0.3) is 0 Å². The molecule has 0 radical (unpaired) electrons. The van der Waals surface area contributed by atoms with Crippen molar-refractivity contribution in [3.8, 4) is 0 Å². The van der Waals surface area contributed by atoms with Gasteiger partial charge < -0.3 is 5.11 Å². The molecule has 0 unspecified atom stereocenters. The molecule has 90 valence electrons. The Morgan fingerprint density at radius 2 is 2.00 bits per heavy atom. The highest BCUT2D eigenvalue weighted by atomic mass is 19.4. The van der Waals surface area contributed by atoms with Crippen LogP contribution in [0.4, 0.5) is 13.2 Å². The van der Waals surface area contributed by atoms with E-state index < -0.39 is 11.7 Å². The Bertz CT molecular complexity index is 338. The summed E-state index contributed by atoms with van der Waals surface area (Å²) in [5, 5.41) is 8.68. The van der Waals surface area contributed by atoms with Crippen LogP contribution in [0.3, 0.4) is 0 Å². The van der Waals surface area contributed by atoms with Gasteiger partial charge in [-0.25, -0.2) is 0 Å². The molecule has 0 aromatic heterocycles. The third-order valence-corrected chi connectivity index (χ3v) is 2.19. The lowest BCUT2D eigenvalue weighted by molar-refractivity contribution is -0.137. The predicted octanol–water partition coefficient (Wildman–Crippen LogP) is 2.13. The number of aliphatic hydroxyl groups is 1. The molecule has 0 atom stereocenters. The number of likely N-dealkylation sites (N-methyl/N-ethyl adjacent to an activating group) is 1. The molecule has 0 fully saturated rings. The van der Waals surface area contributed by atoms with E-state index in [0.29, 0.717) is 18.7 Å². The second kappa shape index (κ2) is 5.32. The molecule has 0 aliphatic heterocycles. The zero-order valence-corrected chi connectivity index (χ0v) is 8.96. The van der Waals surface area contributed by atoms with Gasteiger partial charge in [-0.2, -0.15) is 13.2 Å².